The normalized spacial score (nSPS) is 15.9. The maximum Gasteiger partial charge on any atom is 0.0473 e. The van der Waals surface area contributed by atoms with Crippen molar-refractivity contribution in [2.45, 2.75) is 18.9 Å². The molecule has 2 aromatic carbocycles. The lowest BCUT2D eigenvalue weighted by Gasteiger charge is -2.33. The van der Waals surface area contributed by atoms with Crippen molar-refractivity contribution in [3.05, 3.63) is 65.7 Å². The van der Waals surface area contributed by atoms with Gasteiger partial charge in [0.15, 0.2) is 0 Å². The molecule has 0 amide bonds. The van der Waals surface area contributed by atoms with Crippen LogP contribution in [0, 0.1) is 0 Å². The van der Waals surface area contributed by atoms with Crippen LogP contribution in [0.2, 0.25) is 0 Å². The largest absolute Gasteiger partial charge is 0.369 e. The second kappa shape index (κ2) is 5.45. The van der Waals surface area contributed by atoms with Gasteiger partial charge in [-0.25, -0.2) is 0 Å². The number of benzene rings is 2. The molecule has 0 aliphatic carbocycles. The van der Waals surface area contributed by atoms with Crippen molar-refractivity contribution in [3.63, 3.8) is 0 Å². The molecule has 2 heteroatoms. The molecule has 98 valence electrons. The molecule has 0 bridgehead atoms. The average Bonchev–Trinajstić information content (AvgIpc) is 2.48. The molecule has 19 heavy (non-hydrogen) atoms. The molecule has 2 nitrogen and oxygen atoms in total. The van der Waals surface area contributed by atoms with Crippen LogP contribution in [0.5, 0.6) is 0 Å². The molecule has 0 fully saturated rings. The van der Waals surface area contributed by atoms with Gasteiger partial charge in [-0.3, -0.25) is 0 Å². The van der Waals surface area contributed by atoms with Gasteiger partial charge in [-0.1, -0.05) is 48.5 Å². The first-order valence-electron chi connectivity index (χ1n) is 6.98. The van der Waals surface area contributed by atoms with E-state index in [9.17, 15) is 0 Å². The summed E-state index contributed by atoms with van der Waals surface area (Å²) in [5.74, 6) is 0. The lowest BCUT2D eigenvalue weighted by molar-refractivity contribution is 0.625. The summed E-state index contributed by atoms with van der Waals surface area (Å²) < 4.78 is 0. The third kappa shape index (κ3) is 2.64. The first kappa shape index (κ1) is 12.2. The zero-order valence-electron chi connectivity index (χ0n) is 11.1. The first-order valence-corrected chi connectivity index (χ1v) is 6.98. The maximum atomic E-state index is 6.34. The standard InChI is InChI=1S/C17H20N2/c18-16(14-7-2-1-3-8-14)13-19-12-6-10-15-9-4-5-11-17(15)19/h1-5,7-9,11,16H,6,10,12-13,18H2. The predicted molar refractivity (Wildman–Crippen MR) is 80.3 cm³/mol. The summed E-state index contributed by atoms with van der Waals surface area (Å²) in [5.41, 5.74) is 10.4. The van der Waals surface area contributed by atoms with Crippen molar-refractivity contribution in [2.24, 2.45) is 5.73 Å². The van der Waals surface area contributed by atoms with Gasteiger partial charge in [-0.05, 0) is 30.0 Å². The van der Waals surface area contributed by atoms with Gasteiger partial charge >= 0.3 is 0 Å². The van der Waals surface area contributed by atoms with Gasteiger partial charge in [-0.15, -0.1) is 0 Å². The SMILES string of the molecule is NC(CN1CCCc2ccccc21)c1ccccc1. The van der Waals surface area contributed by atoms with Crippen LogP contribution in [0.3, 0.4) is 0 Å². The number of aryl methyl sites for hydroxylation is 1. The van der Waals surface area contributed by atoms with E-state index in [1.165, 1.54) is 29.7 Å². The lowest BCUT2D eigenvalue weighted by atomic mass is 10.00. The van der Waals surface area contributed by atoms with Crippen molar-refractivity contribution in [1.29, 1.82) is 0 Å². The number of nitrogens with zero attached hydrogens (tertiary/aromatic N) is 1. The highest BCUT2D eigenvalue weighted by atomic mass is 15.1. The van der Waals surface area contributed by atoms with Crippen LogP contribution in [-0.2, 0) is 6.42 Å². The van der Waals surface area contributed by atoms with Crippen LogP contribution in [0.1, 0.15) is 23.6 Å². The first-order chi connectivity index (χ1) is 9.34. The van der Waals surface area contributed by atoms with E-state index in [1.807, 2.05) is 6.07 Å². The van der Waals surface area contributed by atoms with Gasteiger partial charge < -0.3 is 10.6 Å². The molecule has 1 aliphatic heterocycles. The highest BCUT2D eigenvalue weighted by molar-refractivity contribution is 5.55. The van der Waals surface area contributed by atoms with E-state index in [0.717, 1.165) is 13.1 Å². The number of fused-ring (bicyclic) bond motifs is 1. The zero-order valence-corrected chi connectivity index (χ0v) is 11.1. The minimum Gasteiger partial charge on any atom is -0.369 e. The fourth-order valence-corrected chi connectivity index (χ4v) is 2.84. The van der Waals surface area contributed by atoms with Crippen LogP contribution >= 0.6 is 0 Å². The number of para-hydroxylation sites is 1. The van der Waals surface area contributed by atoms with Crippen molar-refractivity contribution in [1.82, 2.24) is 0 Å². The molecule has 3 rings (SSSR count). The van der Waals surface area contributed by atoms with Crippen molar-refractivity contribution >= 4 is 5.69 Å². The molecule has 1 unspecified atom stereocenters. The Hall–Kier alpha value is -1.80. The monoisotopic (exact) mass is 252 g/mol. The molecule has 0 saturated heterocycles. The summed E-state index contributed by atoms with van der Waals surface area (Å²) >= 11 is 0. The third-order valence-corrected chi connectivity index (χ3v) is 3.85. The van der Waals surface area contributed by atoms with E-state index >= 15 is 0 Å². The molecule has 1 aliphatic rings. The van der Waals surface area contributed by atoms with Crippen LogP contribution in [0.25, 0.3) is 0 Å². The molecule has 0 aromatic heterocycles. The number of hydrogen-bond donors (Lipinski definition) is 1. The molecule has 0 saturated carbocycles. The number of hydrogen-bond acceptors (Lipinski definition) is 2. The molecule has 0 spiro atoms. The highest BCUT2D eigenvalue weighted by Gasteiger charge is 2.18. The zero-order chi connectivity index (χ0) is 13.1. The predicted octanol–water partition coefficient (Wildman–Crippen LogP) is 3.14. The Labute approximate surface area is 114 Å². The van der Waals surface area contributed by atoms with Crippen LogP contribution in [-0.4, -0.2) is 13.1 Å². The second-order valence-corrected chi connectivity index (χ2v) is 5.20. The van der Waals surface area contributed by atoms with Crippen LogP contribution in [0.4, 0.5) is 5.69 Å². The smallest absolute Gasteiger partial charge is 0.0473 e. The van der Waals surface area contributed by atoms with E-state index in [1.54, 1.807) is 0 Å². The molecular formula is C17H20N2. The van der Waals surface area contributed by atoms with Gasteiger partial charge in [0.2, 0.25) is 0 Å². The molecular weight excluding hydrogens is 232 g/mol. The fourth-order valence-electron chi connectivity index (χ4n) is 2.84. The summed E-state index contributed by atoms with van der Waals surface area (Å²) in [6.07, 6.45) is 2.41. The van der Waals surface area contributed by atoms with E-state index in [-0.39, 0.29) is 6.04 Å². The summed E-state index contributed by atoms with van der Waals surface area (Å²) in [7, 11) is 0. The minimum absolute atomic E-state index is 0.0763. The quantitative estimate of drug-likeness (QED) is 0.909. The fraction of sp³-hybridized carbons (Fsp3) is 0.294. The Kier molecular flexibility index (Phi) is 3.51. The maximum absolute atomic E-state index is 6.34. The average molecular weight is 252 g/mol. The Balaban J connectivity index is 1.78. The number of nitrogens with two attached hydrogens (primary N) is 1. The van der Waals surface area contributed by atoms with E-state index in [0.29, 0.717) is 0 Å². The minimum atomic E-state index is 0.0763. The summed E-state index contributed by atoms with van der Waals surface area (Å²) in [6, 6.07) is 19.1. The van der Waals surface area contributed by atoms with Crippen LogP contribution < -0.4 is 10.6 Å². The molecule has 0 radical (unpaired) electrons. The third-order valence-electron chi connectivity index (χ3n) is 3.85. The molecule has 2 aromatic rings. The Morgan fingerprint density at radius 2 is 1.74 bits per heavy atom. The molecule has 1 heterocycles. The second-order valence-electron chi connectivity index (χ2n) is 5.20. The van der Waals surface area contributed by atoms with Gasteiger partial charge in [0, 0.05) is 24.8 Å². The van der Waals surface area contributed by atoms with Crippen molar-refractivity contribution in [3.8, 4) is 0 Å². The number of anilines is 1. The Bertz CT molecular complexity index is 536. The summed E-state index contributed by atoms with van der Waals surface area (Å²) in [6.45, 7) is 2.00. The van der Waals surface area contributed by atoms with Gasteiger partial charge in [0.25, 0.3) is 0 Å². The van der Waals surface area contributed by atoms with Gasteiger partial charge in [-0.2, -0.15) is 0 Å². The highest BCUT2D eigenvalue weighted by Crippen LogP contribution is 2.28. The topological polar surface area (TPSA) is 29.3 Å². The van der Waals surface area contributed by atoms with E-state index in [2.05, 4.69) is 53.4 Å². The summed E-state index contributed by atoms with van der Waals surface area (Å²) in [4.78, 5) is 2.43. The van der Waals surface area contributed by atoms with Crippen LogP contribution in [0.15, 0.2) is 54.6 Å². The molecule has 1 atom stereocenters. The van der Waals surface area contributed by atoms with Crippen molar-refractivity contribution in [2.75, 3.05) is 18.0 Å². The Morgan fingerprint density at radius 3 is 2.58 bits per heavy atom. The van der Waals surface area contributed by atoms with Crippen molar-refractivity contribution < 1.29 is 0 Å². The summed E-state index contributed by atoms with van der Waals surface area (Å²) in [5, 5.41) is 0. The van der Waals surface area contributed by atoms with E-state index in [4.69, 9.17) is 5.73 Å². The Morgan fingerprint density at radius 1 is 1.00 bits per heavy atom. The van der Waals surface area contributed by atoms with Gasteiger partial charge in [0.1, 0.15) is 0 Å². The van der Waals surface area contributed by atoms with Gasteiger partial charge in [0.05, 0.1) is 0 Å². The number of rotatable bonds is 3. The lowest BCUT2D eigenvalue weighted by Crippen LogP contribution is -2.35. The van der Waals surface area contributed by atoms with E-state index < -0.39 is 0 Å². The molecule has 2 N–H and O–H groups in total.